The smallest absolute Gasteiger partial charge is 0.132 e. The first-order valence-corrected chi connectivity index (χ1v) is 5.57. The molecular formula is C13H16F2O. The van der Waals surface area contributed by atoms with Crippen molar-refractivity contribution in [3.8, 4) is 0 Å². The summed E-state index contributed by atoms with van der Waals surface area (Å²) in [4.78, 5) is 11.1. The number of ketones is 1. The number of carbonyl (C=O) groups excluding carboxylic acids is 1. The lowest BCUT2D eigenvalue weighted by Crippen LogP contribution is -2.03. The van der Waals surface area contributed by atoms with E-state index in [0.29, 0.717) is 18.4 Å². The van der Waals surface area contributed by atoms with E-state index in [2.05, 4.69) is 0 Å². The van der Waals surface area contributed by atoms with Crippen LogP contribution in [0.3, 0.4) is 0 Å². The van der Waals surface area contributed by atoms with Crippen LogP contribution in [0.1, 0.15) is 37.8 Å². The lowest BCUT2D eigenvalue weighted by atomic mass is 10.0. The maximum atomic E-state index is 13.5. The van der Waals surface area contributed by atoms with E-state index in [1.165, 1.54) is 12.1 Å². The first-order chi connectivity index (χ1) is 7.58. The molecule has 0 radical (unpaired) electrons. The molecule has 0 aliphatic carbocycles. The molecule has 1 aromatic carbocycles. The molecule has 1 rings (SSSR count). The molecule has 0 aliphatic heterocycles. The summed E-state index contributed by atoms with van der Waals surface area (Å²) >= 11 is 0. The Morgan fingerprint density at radius 2 is 1.75 bits per heavy atom. The molecular weight excluding hydrogens is 210 g/mol. The molecule has 0 aliphatic rings. The zero-order valence-electron chi connectivity index (χ0n) is 9.65. The second-order valence-electron chi connectivity index (χ2n) is 3.78. The Hall–Kier alpha value is -1.25. The summed E-state index contributed by atoms with van der Waals surface area (Å²) in [5.41, 5.74) is 0.666. The first-order valence-electron chi connectivity index (χ1n) is 5.57. The van der Waals surface area contributed by atoms with E-state index in [9.17, 15) is 13.6 Å². The average Bonchev–Trinajstić information content (AvgIpc) is 2.27. The Balaban J connectivity index is 2.84. The molecule has 0 bridgehead atoms. The number of hydrogen-bond donors (Lipinski definition) is 0. The van der Waals surface area contributed by atoms with E-state index in [4.69, 9.17) is 0 Å². The quantitative estimate of drug-likeness (QED) is 0.751. The summed E-state index contributed by atoms with van der Waals surface area (Å²) in [7, 11) is 0. The van der Waals surface area contributed by atoms with Gasteiger partial charge >= 0.3 is 0 Å². The summed E-state index contributed by atoms with van der Waals surface area (Å²) in [5.74, 6) is -1.06. The van der Waals surface area contributed by atoms with Gasteiger partial charge in [0.05, 0.1) is 0 Å². The lowest BCUT2D eigenvalue weighted by Gasteiger charge is -2.06. The fourth-order valence-corrected chi connectivity index (χ4v) is 1.54. The maximum absolute atomic E-state index is 13.5. The fourth-order valence-electron chi connectivity index (χ4n) is 1.54. The van der Waals surface area contributed by atoms with Gasteiger partial charge in [-0.1, -0.05) is 13.8 Å². The van der Waals surface area contributed by atoms with E-state index < -0.39 is 11.6 Å². The molecule has 1 nitrogen and oxygen atoms in total. The van der Waals surface area contributed by atoms with Crippen molar-refractivity contribution in [3.63, 3.8) is 0 Å². The van der Waals surface area contributed by atoms with Crippen molar-refractivity contribution in [2.45, 2.75) is 39.5 Å². The topological polar surface area (TPSA) is 17.1 Å². The van der Waals surface area contributed by atoms with Gasteiger partial charge in [0.15, 0.2) is 0 Å². The van der Waals surface area contributed by atoms with E-state index >= 15 is 0 Å². The Morgan fingerprint density at radius 3 is 2.19 bits per heavy atom. The van der Waals surface area contributed by atoms with Crippen molar-refractivity contribution >= 4 is 5.78 Å². The van der Waals surface area contributed by atoms with Gasteiger partial charge in [0.2, 0.25) is 0 Å². The van der Waals surface area contributed by atoms with Crippen molar-refractivity contribution in [1.82, 2.24) is 0 Å². The zero-order chi connectivity index (χ0) is 12.1. The molecule has 0 aromatic heterocycles. The van der Waals surface area contributed by atoms with Crippen LogP contribution in [0.2, 0.25) is 0 Å². The van der Waals surface area contributed by atoms with Crippen LogP contribution in [0.4, 0.5) is 8.78 Å². The third-order valence-electron chi connectivity index (χ3n) is 2.66. The fraction of sp³-hybridized carbons (Fsp3) is 0.462. The van der Waals surface area contributed by atoms with Gasteiger partial charge in [0.25, 0.3) is 0 Å². The van der Waals surface area contributed by atoms with Crippen LogP contribution in [0.25, 0.3) is 0 Å². The predicted molar refractivity (Wildman–Crippen MR) is 59.4 cm³/mol. The molecule has 16 heavy (non-hydrogen) atoms. The van der Waals surface area contributed by atoms with Gasteiger partial charge in [-0.05, 0) is 30.5 Å². The summed E-state index contributed by atoms with van der Waals surface area (Å²) < 4.78 is 27.0. The molecule has 0 saturated carbocycles. The van der Waals surface area contributed by atoms with Gasteiger partial charge in [-0.3, -0.25) is 4.79 Å². The Labute approximate surface area is 94.5 Å². The number of hydrogen-bond acceptors (Lipinski definition) is 1. The Bertz CT molecular complexity index is 363. The second kappa shape index (κ2) is 5.73. The SMILES string of the molecule is CCC(=O)CCc1c(F)cc(CC)cc1F. The largest absolute Gasteiger partial charge is 0.300 e. The number of carbonyl (C=O) groups is 1. The molecule has 0 unspecified atom stereocenters. The summed E-state index contributed by atoms with van der Waals surface area (Å²) in [6, 6.07) is 2.68. The third kappa shape index (κ3) is 3.12. The van der Waals surface area contributed by atoms with Crippen LogP contribution >= 0.6 is 0 Å². The van der Waals surface area contributed by atoms with Gasteiger partial charge in [-0.15, -0.1) is 0 Å². The van der Waals surface area contributed by atoms with E-state index in [1.807, 2.05) is 6.92 Å². The van der Waals surface area contributed by atoms with Crippen LogP contribution in [-0.2, 0) is 17.6 Å². The molecule has 3 heteroatoms. The Morgan fingerprint density at radius 1 is 1.19 bits per heavy atom. The highest BCUT2D eigenvalue weighted by Gasteiger charge is 2.11. The van der Waals surface area contributed by atoms with Gasteiger partial charge in [0.1, 0.15) is 17.4 Å². The van der Waals surface area contributed by atoms with Gasteiger partial charge in [-0.25, -0.2) is 8.78 Å². The van der Waals surface area contributed by atoms with E-state index in [1.54, 1.807) is 6.92 Å². The molecule has 0 saturated heterocycles. The lowest BCUT2D eigenvalue weighted by molar-refractivity contribution is -0.118. The second-order valence-corrected chi connectivity index (χ2v) is 3.78. The van der Waals surface area contributed by atoms with E-state index in [-0.39, 0.29) is 24.2 Å². The highest BCUT2D eigenvalue weighted by molar-refractivity contribution is 5.78. The number of aryl methyl sites for hydroxylation is 1. The summed E-state index contributed by atoms with van der Waals surface area (Å²) in [6.07, 6.45) is 1.36. The van der Waals surface area contributed by atoms with Crippen molar-refractivity contribution in [2.24, 2.45) is 0 Å². The van der Waals surface area contributed by atoms with Crippen LogP contribution in [0.5, 0.6) is 0 Å². The van der Waals surface area contributed by atoms with Crippen LogP contribution in [0.15, 0.2) is 12.1 Å². The first kappa shape index (κ1) is 12.8. The van der Waals surface area contributed by atoms with Crippen molar-refractivity contribution in [2.75, 3.05) is 0 Å². The predicted octanol–water partition coefficient (Wildman–Crippen LogP) is 3.44. The molecule has 0 N–H and O–H groups in total. The summed E-state index contributed by atoms with van der Waals surface area (Å²) in [5, 5.41) is 0. The highest BCUT2D eigenvalue weighted by Crippen LogP contribution is 2.17. The number of benzene rings is 1. The summed E-state index contributed by atoms with van der Waals surface area (Å²) in [6.45, 7) is 3.59. The molecule has 0 atom stereocenters. The van der Waals surface area contributed by atoms with Gasteiger partial charge in [0, 0.05) is 18.4 Å². The minimum Gasteiger partial charge on any atom is -0.300 e. The number of rotatable bonds is 5. The number of Topliss-reactive ketones (excluding diaryl/α,β-unsaturated/α-hetero) is 1. The van der Waals surface area contributed by atoms with Crippen molar-refractivity contribution in [1.29, 1.82) is 0 Å². The molecule has 1 aromatic rings. The standard InChI is InChI=1S/C13H16F2O/c1-3-9-7-12(14)11(13(15)8-9)6-5-10(16)4-2/h7-8H,3-6H2,1-2H3. The molecule has 88 valence electrons. The average molecular weight is 226 g/mol. The van der Waals surface area contributed by atoms with Crippen molar-refractivity contribution in [3.05, 3.63) is 34.9 Å². The van der Waals surface area contributed by atoms with Gasteiger partial charge in [-0.2, -0.15) is 0 Å². The molecule has 0 spiro atoms. The van der Waals surface area contributed by atoms with Gasteiger partial charge < -0.3 is 0 Å². The Kier molecular flexibility index (Phi) is 4.59. The monoisotopic (exact) mass is 226 g/mol. The maximum Gasteiger partial charge on any atom is 0.132 e. The normalized spacial score (nSPS) is 10.5. The van der Waals surface area contributed by atoms with E-state index in [0.717, 1.165) is 0 Å². The minimum atomic E-state index is -0.541. The van der Waals surface area contributed by atoms with Crippen LogP contribution in [-0.4, -0.2) is 5.78 Å². The molecule has 0 fully saturated rings. The third-order valence-corrected chi connectivity index (χ3v) is 2.66. The van der Waals surface area contributed by atoms with Crippen LogP contribution in [0, 0.1) is 11.6 Å². The van der Waals surface area contributed by atoms with Crippen LogP contribution < -0.4 is 0 Å². The van der Waals surface area contributed by atoms with Crippen molar-refractivity contribution < 1.29 is 13.6 Å². The highest BCUT2D eigenvalue weighted by atomic mass is 19.1. The zero-order valence-corrected chi connectivity index (χ0v) is 9.65. The molecule has 0 amide bonds. The number of halogens is 2. The molecule has 0 heterocycles. The minimum absolute atomic E-state index is 0.0263.